The van der Waals surface area contributed by atoms with E-state index in [9.17, 15) is 4.79 Å². The third-order valence-corrected chi connectivity index (χ3v) is 2.40. The Morgan fingerprint density at radius 3 is 3.17 bits per heavy atom. The second-order valence-electron chi connectivity index (χ2n) is 2.44. The summed E-state index contributed by atoms with van der Waals surface area (Å²) in [4.78, 5) is 15.8. The first kappa shape index (κ1) is 7.49. The van der Waals surface area contributed by atoms with Gasteiger partial charge in [-0.25, -0.2) is 0 Å². The number of nitrogens with zero attached hydrogens (tertiary/aromatic N) is 1. The lowest BCUT2D eigenvalue weighted by molar-refractivity contribution is 1.12. The fourth-order valence-electron chi connectivity index (χ4n) is 1.07. The fraction of sp³-hybridized carbons (Fsp3) is 0.125. The molecule has 1 aliphatic rings. The molecule has 4 heteroatoms. The minimum atomic E-state index is -0.0374. The predicted octanol–water partition coefficient (Wildman–Crippen LogP) is 1.36. The van der Waals surface area contributed by atoms with Crippen molar-refractivity contribution in [1.82, 2.24) is 4.98 Å². The van der Waals surface area contributed by atoms with Gasteiger partial charge in [0, 0.05) is 12.4 Å². The van der Waals surface area contributed by atoms with Gasteiger partial charge in [-0.05, 0) is 17.5 Å². The van der Waals surface area contributed by atoms with Crippen molar-refractivity contribution < 1.29 is 0 Å². The quantitative estimate of drug-likeness (QED) is 0.708. The van der Waals surface area contributed by atoms with Crippen molar-refractivity contribution in [2.75, 3.05) is 10.8 Å². The average molecular weight is 180 g/mol. The monoisotopic (exact) mass is 180 g/mol. The number of aromatic amines is 1. The van der Waals surface area contributed by atoms with E-state index in [1.165, 1.54) is 0 Å². The van der Waals surface area contributed by atoms with Gasteiger partial charge in [-0.1, -0.05) is 0 Å². The molecule has 62 valence electrons. The van der Waals surface area contributed by atoms with Crippen LogP contribution in [0.15, 0.2) is 34.7 Å². The molecule has 2 heterocycles. The van der Waals surface area contributed by atoms with Crippen LogP contribution in [0, 0.1) is 0 Å². The van der Waals surface area contributed by atoms with E-state index in [2.05, 4.69) is 4.98 Å². The van der Waals surface area contributed by atoms with Crippen LogP contribution in [0.4, 0.5) is 5.69 Å². The maximum atomic E-state index is 11.3. The zero-order valence-electron chi connectivity index (χ0n) is 6.36. The molecule has 1 N–H and O–H groups in total. The van der Waals surface area contributed by atoms with Crippen LogP contribution in [0.5, 0.6) is 0 Å². The number of H-pyrrole nitrogens is 1. The maximum Gasteiger partial charge on any atom is 0.271 e. The molecule has 0 bridgehead atoms. The van der Waals surface area contributed by atoms with Gasteiger partial charge in [0.2, 0.25) is 0 Å². The smallest absolute Gasteiger partial charge is 0.271 e. The Morgan fingerprint density at radius 1 is 1.58 bits per heavy atom. The highest BCUT2D eigenvalue weighted by Gasteiger charge is 2.09. The molecule has 0 radical (unpaired) electrons. The zero-order valence-corrected chi connectivity index (χ0v) is 7.17. The van der Waals surface area contributed by atoms with Crippen molar-refractivity contribution in [3.8, 4) is 0 Å². The van der Waals surface area contributed by atoms with Gasteiger partial charge >= 0.3 is 0 Å². The fourth-order valence-corrected chi connectivity index (χ4v) is 1.78. The van der Waals surface area contributed by atoms with Crippen molar-refractivity contribution in [2.45, 2.75) is 0 Å². The van der Waals surface area contributed by atoms with Crippen molar-refractivity contribution >= 4 is 17.4 Å². The van der Waals surface area contributed by atoms with Crippen LogP contribution in [-0.4, -0.2) is 10.9 Å². The Balaban J connectivity index is 2.39. The summed E-state index contributed by atoms with van der Waals surface area (Å²) in [5.74, 6) is 0.826. The Kier molecular flexibility index (Phi) is 1.91. The van der Waals surface area contributed by atoms with E-state index < -0.39 is 0 Å². The van der Waals surface area contributed by atoms with Gasteiger partial charge in [-0.2, -0.15) is 0 Å². The molecule has 0 fully saturated rings. The summed E-state index contributed by atoms with van der Waals surface area (Å²) >= 11 is 1.68. The van der Waals surface area contributed by atoms with E-state index in [0.29, 0.717) is 5.69 Å². The molecule has 0 unspecified atom stereocenters. The number of thioether (sulfide) groups is 1. The van der Waals surface area contributed by atoms with Crippen molar-refractivity contribution in [2.24, 2.45) is 0 Å². The lowest BCUT2D eigenvalue weighted by Crippen LogP contribution is -2.20. The lowest BCUT2D eigenvalue weighted by Gasteiger charge is -2.12. The summed E-state index contributed by atoms with van der Waals surface area (Å²) in [6.45, 7) is 0. The van der Waals surface area contributed by atoms with E-state index in [1.807, 2.05) is 28.6 Å². The standard InChI is InChI=1S/C8H8N2OS/c11-8-7(2-1-3-9-8)10-4-5-12-6-10/h1-5H,6H2,(H,9,11). The van der Waals surface area contributed by atoms with Crippen LogP contribution in [0.25, 0.3) is 0 Å². The molecule has 1 aliphatic heterocycles. The van der Waals surface area contributed by atoms with E-state index in [0.717, 1.165) is 5.88 Å². The number of pyridine rings is 1. The number of aromatic nitrogens is 1. The Bertz CT molecular complexity index is 358. The molecule has 12 heavy (non-hydrogen) atoms. The first-order valence-electron chi connectivity index (χ1n) is 3.60. The van der Waals surface area contributed by atoms with Gasteiger partial charge in [0.1, 0.15) is 5.69 Å². The number of nitrogens with one attached hydrogen (secondary N) is 1. The molecule has 0 aliphatic carbocycles. The second-order valence-corrected chi connectivity index (χ2v) is 3.30. The lowest BCUT2D eigenvalue weighted by atomic mass is 10.4. The molecule has 0 aromatic carbocycles. The van der Waals surface area contributed by atoms with E-state index in [4.69, 9.17) is 0 Å². The maximum absolute atomic E-state index is 11.3. The molecule has 0 spiro atoms. The highest BCUT2D eigenvalue weighted by Crippen LogP contribution is 2.19. The van der Waals surface area contributed by atoms with Crippen molar-refractivity contribution in [3.05, 3.63) is 40.3 Å². The molecule has 0 amide bonds. The molecular weight excluding hydrogens is 172 g/mol. The molecule has 0 saturated carbocycles. The molecule has 2 rings (SSSR count). The van der Waals surface area contributed by atoms with Gasteiger partial charge < -0.3 is 9.88 Å². The molecule has 1 aromatic rings. The molecule has 0 atom stereocenters. The molecule has 0 saturated heterocycles. The Labute approximate surface area is 74.1 Å². The SMILES string of the molecule is O=c1[nH]cccc1N1C=CSC1. The largest absolute Gasteiger partial charge is 0.333 e. The minimum absolute atomic E-state index is 0.0374. The summed E-state index contributed by atoms with van der Waals surface area (Å²) in [6.07, 6.45) is 3.55. The number of hydrogen-bond donors (Lipinski definition) is 1. The highest BCUT2D eigenvalue weighted by molar-refractivity contribution is 8.02. The number of rotatable bonds is 1. The number of anilines is 1. The van der Waals surface area contributed by atoms with Crippen LogP contribution in [0.1, 0.15) is 0 Å². The third-order valence-electron chi connectivity index (χ3n) is 1.66. The Morgan fingerprint density at radius 2 is 2.50 bits per heavy atom. The molecule has 1 aromatic heterocycles. The topological polar surface area (TPSA) is 36.1 Å². The zero-order chi connectivity index (χ0) is 8.39. The van der Waals surface area contributed by atoms with Gasteiger partial charge in [-0.15, -0.1) is 11.8 Å². The van der Waals surface area contributed by atoms with Gasteiger partial charge in [-0.3, -0.25) is 4.79 Å². The van der Waals surface area contributed by atoms with Crippen LogP contribution in [-0.2, 0) is 0 Å². The van der Waals surface area contributed by atoms with Crippen LogP contribution in [0.2, 0.25) is 0 Å². The average Bonchev–Trinajstić information content (AvgIpc) is 2.57. The highest BCUT2D eigenvalue weighted by atomic mass is 32.2. The minimum Gasteiger partial charge on any atom is -0.333 e. The van der Waals surface area contributed by atoms with Crippen molar-refractivity contribution in [3.63, 3.8) is 0 Å². The predicted molar refractivity (Wildman–Crippen MR) is 51.1 cm³/mol. The van der Waals surface area contributed by atoms with E-state index >= 15 is 0 Å². The van der Waals surface area contributed by atoms with Gasteiger partial charge in [0.25, 0.3) is 5.56 Å². The molecular formula is C8H8N2OS. The van der Waals surface area contributed by atoms with Gasteiger partial charge in [0.05, 0.1) is 5.88 Å². The molecule has 3 nitrogen and oxygen atoms in total. The summed E-state index contributed by atoms with van der Waals surface area (Å²) in [5, 5.41) is 1.98. The normalized spacial score (nSPS) is 15.5. The van der Waals surface area contributed by atoms with Crippen LogP contribution < -0.4 is 10.5 Å². The summed E-state index contributed by atoms with van der Waals surface area (Å²) in [5.41, 5.74) is 0.670. The van der Waals surface area contributed by atoms with E-state index in [-0.39, 0.29) is 5.56 Å². The van der Waals surface area contributed by atoms with Crippen LogP contribution in [0.3, 0.4) is 0 Å². The second kappa shape index (κ2) is 3.06. The van der Waals surface area contributed by atoms with Crippen molar-refractivity contribution in [1.29, 1.82) is 0 Å². The summed E-state index contributed by atoms with van der Waals surface area (Å²) < 4.78 is 0. The number of hydrogen-bond acceptors (Lipinski definition) is 3. The van der Waals surface area contributed by atoms with E-state index in [1.54, 1.807) is 18.0 Å². The van der Waals surface area contributed by atoms with Crippen LogP contribution >= 0.6 is 11.8 Å². The first-order valence-corrected chi connectivity index (χ1v) is 4.65. The third kappa shape index (κ3) is 1.25. The summed E-state index contributed by atoms with van der Waals surface area (Å²) in [7, 11) is 0. The first-order chi connectivity index (χ1) is 5.88. The van der Waals surface area contributed by atoms with Gasteiger partial charge in [0.15, 0.2) is 0 Å². The Hall–Kier alpha value is -1.16. The summed E-state index contributed by atoms with van der Waals surface area (Å²) in [6, 6.07) is 3.64.